The number of amides is 1. The highest BCUT2D eigenvalue weighted by molar-refractivity contribution is 7.21. The van der Waals surface area contributed by atoms with Crippen molar-refractivity contribution in [1.82, 2.24) is 4.98 Å². The van der Waals surface area contributed by atoms with Crippen LogP contribution in [0.25, 0.3) is 20.8 Å². The first-order chi connectivity index (χ1) is 15.0. The van der Waals surface area contributed by atoms with E-state index in [0.29, 0.717) is 18.1 Å². The van der Waals surface area contributed by atoms with Crippen molar-refractivity contribution in [3.05, 3.63) is 77.9 Å². The Labute approximate surface area is 186 Å². The lowest BCUT2D eigenvalue weighted by atomic mass is 10.1. The minimum absolute atomic E-state index is 0.140. The number of rotatable bonds is 7. The maximum Gasteiger partial charge on any atom is 0.255 e. The molecule has 158 valence electrons. The lowest BCUT2D eigenvalue weighted by Gasteiger charge is -2.11. The Kier molecular flexibility index (Phi) is 6.33. The zero-order valence-electron chi connectivity index (χ0n) is 18.0. The summed E-state index contributed by atoms with van der Waals surface area (Å²) in [5.74, 6) is 1.25. The van der Waals surface area contributed by atoms with Gasteiger partial charge in [0.2, 0.25) is 0 Å². The fraction of sp³-hybridized carbons (Fsp3) is 0.231. The first-order valence-electron chi connectivity index (χ1n) is 10.5. The van der Waals surface area contributed by atoms with Crippen LogP contribution in [0, 0.1) is 12.8 Å². The molecule has 0 bridgehead atoms. The molecule has 0 unspecified atom stereocenters. The second kappa shape index (κ2) is 9.31. The van der Waals surface area contributed by atoms with Crippen LogP contribution in [-0.4, -0.2) is 17.5 Å². The molecule has 1 N–H and O–H groups in total. The summed E-state index contributed by atoms with van der Waals surface area (Å²) in [6.07, 6.45) is 1.01. The van der Waals surface area contributed by atoms with Gasteiger partial charge in [-0.2, -0.15) is 0 Å². The van der Waals surface area contributed by atoms with Gasteiger partial charge in [-0.1, -0.05) is 38.1 Å². The van der Waals surface area contributed by atoms with E-state index in [0.717, 1.165) is 44.2 Å². The molecule has 0 fully saturated rings. The van der Waals surface area contributed by atoms with Gasteiger partial charge in [0.15, 0.2) is 0 Å². The summed E-state index contributed by atoms with van der Waals surface area (Å²) in [5.41, 5.74) is 4.38. The first kappa shape index (κ1) is 21.1. The van der Waals surface area contributed by atoms with Gasteiger partial charge in [-0.15, -0.1) is 11.3 Å². The van der Waals surface area contributed by atoms with Gasteiger partial charge in [0.25, 0.3) is 5.91 Å². The summed E-state index contributed by atoms with van der Waals surface area (Å²) in [5, 5.41) is 3.99. The van der Waals surface area contributed by atoms with E-state index in [4.69, 9.17) is 9.72 Å². The normalized spacial score (nSPS) is 11.1. The Morgan fingerprint density at radius 1 is 1.06 bits per heavy atom. The Balaban J connectivity index is 1.48. The molecule has 31 heavy (non-hydrogen) atoms. The van der Waals surface area contributed by atoms with Gasteiger partial charge in [0.05, 0.1) is 16.8 Å². The molecule has 4 aromatic rings. The number of hydrogen-bond acceptors (Lipinski definition) is 4. The highest BCUT2D eigenvalue weighted by Crippen LogP contribution is 2.32. The molecule has 0 aliphatic rings. The first-order valence-corrected chi connectivity index (χ1v) is 11.3. The Bertz CT molecular complexity index is 1160. The number of ether oxygens (including phenoxy) is 1. The van der Waals surface area contributed by atoms with Gasteiger partial charge >= 0.3 is 0 Å². The van der Waals surface area contributed by atoms with E-state index in [1.165, 1.54) is 0 Å². The smallest absolute Gasteiger partial charge is 0.255 e. The predicted molar refractivity (Wildman–Crippen MR) is 129 cm³/mol. The molecule has 3 aromatic carbocycles. The zero-order valence-corrected chi connectivity index (χ0v) is 18.8. The summed E-state index contributed by atoms with van der Waals surface area (Å²) in [7, 11) is 0. The minimum atomic E-state index is -0.140. The molecular weight excluding hydrogens is 404 g/mol. The molecule has 4 rings (SSSR count). The van der Waals surface area contributed by atoms with Gasteiger partial charge in [-0.3, -0.25) is 4.79 Å². The highest BCUT2D eigenvalue weighted by Gasteiger charge is 2.12. The van der Waals surface area contributed by atoms with E-state index < -0.39 is 0 Å². The van der Waals surface area contributed by atoms with Crippen molar-refractivity contribution in [2.75, 3.05) is 11.9 Å². The molecule has 0 aliphatic heterocycles. The number of aryl methyl sites for hydroxylation is 1. The predicted octanol–water partition coefficient (Wildman–Crippen LogP) is 6.95. The quantitative estimate of drug-likeness (QED) is 0.345. The second-order valence-electron chi connectivity index (χ2n) is 8.03. The second-order valence-corrected chi connectivity index (χ2v) is 9.06. The molecule has 0 saturated heterocycles. The molecule has 4 nitrogen and oxygen atoms in total. The fourth-order valence-corrected chi connectivity index (χ4v) is 4.16. The van der Waals surface area contributed by atoms with E-state index in [2.05, 4.69) is 25.2 Å². The van der Waals surface area contributed by atoms with Crippen LogP contribution in [0.5, 0.6) is 5.75 Å². The third-order valence-corrected chi connectivity index (χ3v) is 6.19. The summed E-state index contributed by atoms with van der Waals surface area (Å²) in [4.78, 5) is 17.5. The third-order valence-electron chi connectivity index (χ3n) is 5.11. The number of anilines is 1. The van der Waals surface area contributed by atoms with E-state index in [-0.39, 0.29) is 5.91 Å². The van der Waals surface area contributed by atoms with Gasteiger partial charge in [-0.05, 0) is 67.3 Å². The molecule has 0 radical (unpaired) electrons. The van der Waals surface area contributed by atoms with Gasteiger partial charge in [-0.25, -0.2) is 4.98 Å². The largest absolute Gasteiger partial charge is 0.494 e. The Morgan fingerprint density at radius 2 is 1.84 bits per heavy atom. The van der Waals surface area contributed by atoms with Crippen LogP contribution in [0.4, 0.5) is 5.69 Å². The van der Waals surface area contributed by atoms with Crippen molar-refractivity contribution in [2.45, 2.75) is 27.2 Å². The molecule has 0 aliphatic carbocycles. The van der Waals surface area contributed by atoms with E-state index in [9.17, 15) is 4.79 Å². The molecule has 1 heterocycles. The monoisotopic (exact) mass is 430 g/mol. The lowest BCUT2D eigenvalue weighted by Crippen LogP contribution is -2.12. The minimum Gasteiger partial charge on any atom is -0.494 e. The maximum absolute atomic E-state index is 12.8. The number of carbonyl (C=O) groups is 1. The van der Waals surface area contributed by atoms with Crippen LogP contribution in [0.15, 0.2) is 66.7 Å². The SMILES string of the molecule is Cc1ccc(-c2nc3ccccc3s2)cc1NC(=O)c1ccc(OCCC(C)C)cc1. The Hall–Kier alpha value is -3.18. The van der Waals surface area contributed by atoms with Crippen LogP contribution >= 0.6 is 11.3 Å². The van der Waals surface area contributed by atoms with E-state index in [1.54, 1.807) is 23.5 Å². The number of hydrogen-bond donors (Lipinski definition) is 1. The van der Waals surface area contributed by atoms with Crippen molar-refractivity contribution < 1.29 is 9.53 Å². The summed E-state index contributed by atoms with van der Waals surface area (Å²) in [6.45, 7) is 7.01. The lowest BCUT2D eigenvalue weighted by molar-refractivity contribution is 0.102. The van der Waals surface area contributed by atoms with Gasteiger partial charge < -0.3 is 10.1 Å². The number of fused-ring (bicyclic) bond motifs is 1. The number of nitrogens with zero attached hydrogens (tertiary/aromatic N) is 1. The number of nitrogens with one attached hydrogen (secondary N) is 1. The summed E-state index contributed by atoms with van der Waals surface area (Å²) < 4.78 is 6.89. The maximum atomic E-state index is 12.8. The topological polar surface area (TPSA) is 51.2 Å². The van der Waals surface area contributed by atoms with Crippen LogP contribution in [0.2, 0.25) is 0 Å². The number of thiazole rings is 1. The zero-order chi connectivity index (χ0) is 21.8. The number of benzene rings is 3. The van der Waals surface area contributed by atoms with Crippen LogP contribution in [0.3, 0.4) is 0 Å². The molecule has 0 atom stereocenters. The van der Waals surface area contributed by atoms with Crippen LogP contribution in [0.1, 0.15) is 36.2 Å². The van der Waals surface area contributed by atoms with Crippen molar-refractivity contribution in [3.8, 4) is 16.3 Å². The van der Waals surface area contributed by atoms with Crippen molar-refractivity contribution in [2.24, 2.45) is 5.92 Å². The van der Waals surface area contributed by atoms with Gasteiger partial charge in [0, 0.05) is 16.8 Å². The van der Waals surface area contributed by atoms with Gasteiger partial charge in [0.1, 0.15) is 10.8 Å². The van der Waals surface area contributed by atoms with Crippen LogP contribution < -0.4 is 10.1 Å². The molecule has 1 amide bonds. The molecular formula is C26H26N2O2S. The number of carbonyl (C=O) groups excluding carboxylic acids is 1. The van der Waals surface area contributed by atoms with Crippen LogP contribution in [-0.2, 0) is 0 Å². The third kappa shape index (κ3) is 5.12. The molecule has 0 saturated carbocycles. The standard InChI is InChI=1S/C26H26N2O2S/c1-17(2)14-15-30-21-12-10-19(11-13-21)25(29)27-23-16-20(9-8-18(23)3)26-28-22-6-4-5-7-24(22)31-26/h4-13,16-17H,14-15H2,1-3H3,(H,27,29). The average molecular weight is 431 g/mol. The number of aromatic nitrogens is 1. The average Bonchev–Trinajstić information content (AvgIpc) is 3.20. The fourth-order valence-electron chi connectivity index (χ4n) is 3.19. The van der Waals surface area contributed by atoms with E-state index >= 15 is 0 Å². The molecule has 5 heteroatoms. The number of para-hydroxylation sites is 1. The molecule has 1 aromatic heterocycles. The molecule has 0 spiro atoms. The van der Waals surface area contributed by atoms with Crippen molar-refractivity contribution in [1.29, 1.82) is 0 Å². The Morgan fingerprint density at radius 3 is 2.58 bits per heavy atom. The summed E-state index contributed by atoms with van der Waals surface area (Å²) >= 11 is 1.65. The van der Waals surface area contributed by atoms with Crippen molar-refractivity contribution >= 4 is 33.1 Å². The van der Waals surface area contributed by atoms with E-state index in [1.807, 2.05) is 55.5 Å². The highest BCUT2D eigenvalue weighted by atomic mass is 32.1. The van der Waals surface area contributed by atoms with Crippen molar-refractivity contribution in [3.63, 3.8) is 0 Å². The summed E-state index contributed by atoms with van der Waals surface area (Å²) in [6, 6.07) is 21.5.